The fraction of sp³-hybridized carbons (Fsp3) is 0.625. The highest BCUT2D eigenvalue weighted by molar-refractivity contribution is 7.80. The zero-order valence-electron chi connectivity index (χ0n) is 6.62. The molecule has 3 heteroatoms. The molecular weight excluding hydrogens is 156 g/mol. The van der Waals surface area contributed by atoms with Crippen LogP contribution in [0.25, 0.3) is 0 Å². The summed E-state index contributed by atoms with van der Waals surface area (Å²) in [4.78, 5) is 2.73. The molecule has 2 N–H and O–H groups in total. The predicted molar refractivity (Wildman–Crippen MR) is 51.3 cm³/mol. The topological polar surface area (TPSA) is 29.3 Å². The molecule has 0 atom stereocenters. The first kappa shape index (κ1) is 8.53. The molecule has 11 heavy (non-hydrogen) atoms. The Morgan fingerprint density at radius 2 is 1.91 bits per heavy atom. The third-order valence-corrected chi connectivity index (χ3v) is 1.98. The van der Waals surface area contributed by atoms with Crippen LogP contribution >= 0.6 is 12.2 Å². The Labute approximate surface area is 73.1 Å². The van der Waals surface area contributed by atoms with Crippen molar-refractivity contribution in [1.82, 2.24) is 4.90 Å². The number of likely N-dealkylation sites (tertiary alicyclic amines) is 1. The minimum atomic E-state index is 0.468. The van der Waals surface area contributed by atoms with Gasteiger partial charge in [-0.2, -0.15) is 0 Å². The summed E-state index contributed by atoms with van der Waals surface area (Å²) in [6.45, 7) is 2.30. The monoisotopic (exact) mass is 170 g/mol. The van der Waals surface area contributed by atoms with E-state index in [-0.39, 0.29) is 0 Å². The van der Waals surface area contributed by atoms with Crippen LogP contribution in [0.5, 0.6) is 0 Å². The highest BCUT2D eigenvalue weighted by Crippen LogP contribution is 2.08. The summed E-state index contributed by atoms with van der Waals surface area (Å²) in [5, 5.41) is 0. The summed E-state index contributed by atoms with van der Waals surface area (Å²) in [7, 11) is 0. The van der Waals surface area contributed by atoms with Crippen molar-refractivity contribution < 1.29 is 0 Å². The minimum absolute atomic E-state index is 0.468. The van der Waals surface area contributed by atoms with Gasteiger partial charge >= 0.3 is 0 Å². The summed E-state index contributed by atoms with van der Waals surface area (Å²) in [5.74, 6) is 0. The lowest BCUT2D eigenvalue weighted by Crippen LogP contribution is -2.24. The molecule has 0 aromatic rings. The van der Waals surface area contributed by atoms with Crippen LogP contribution in [0, 0.1) is 0 Å². The molecule has 1 rings (SSSR count). The van der Waals surface area contributed by atoms with Gasteiger partial charge in [-0.05, 0) is 25.3 Å². The van der Waals surface area contributed by atoms with Crippen LogP contribution in [-0.2, 0) is 0 Å². The summed E-state index contributed by atoms with van der Waals surface area (Å²) in [6.07, 6.45) is 7.74. The van der Waals surface area contributed by atoms with Crippen molar-refractivity contribution in [3.05, 3.63) is 12.3 Å². The highest BCUT2D eigenvalue weighted by atomic mass is 32.1. The second-order valence-electron chi connectivity index (χ2n) is 2.81. The predicted octanol–water partition coefficient (Wildman–Crippen LogP) is 1.27. The smallest absolute Gasteiger partial charge is 0.0976 e. The van der Waals surface area contributed by atoms with E-state index in [2.05, 4.69) is 4.90 Å². The fourth-order valence-corrected chi connectivity index (χ4v) is 1.31. The van der Waals surface area contributed by atoms with E-state index in [1.54, 1.807) is 6.08 Å². The van der Waals surface area contributed by atoms with Gasteiger partial charge in [0, 0.05) is 19.3 Å². The third kappa shape index (κ3) is 3.37. The van der Waals surface area contributed by atoms with Gasteiger partial charge in [-0.25, -0.2) is 0 Å². The van der Waals surface area contributed by atoms with Crippen LogP contribution in [0.4, 0.5) is 0 Å². The van der Waals surface area contributed by atoms with E-state index in [0.717, 1.165) is 13.1 Å². The number of nitrogens with zero attached hydrogens (tertiary/aromatic N) is 1. The van der Waals surface area contributed by atoms with Gasteiger partial charge in [-0.15, -0.1) is 0 Å². The van der Waals surface area contributed by atoms with Crippen molar-refractivity contribution in [3.8, 4) is 0 Å². The van der Waals surface area contributed by atoms with Gasteiger partial charge in [0.25, 0.3) is 0 Å². The van der Waals surface area contributed by atoms with E-state index >= 15 is 0 Å². The molecule has 1 aliphatic heterocycles. The van der Waals surface area contributed by atoms with E-state index in [4.69, 9.17) is 18.0 Å². The van der Waals surface area contributed by atoms with Gasteiger partial charge in [-0.3, -0.25) is 0 Å². The van der Waals surface area contributed by atoms with Crippen LogP contribution in [0.3, 0.4) is 0 Å². The Bertz CT molecular complexity index is 159. The second-order valence-corrected chi connectivity index (χ2v) is 3.29. The lowest BCUT2D eigenvalue weighted by molar-refractivity contribution is 0.310. The van der Waals surface area contributed by atoms with Crippen molar-refractivity contribution in [2.24, 2.45) is 5.73 Å². The first-order valence-corrected chi connectivity index (χ1v) is 4.41. The van der Waals surface area contributed by atoms with E-state index in [1.165, 1.54) is 19.3 Å². The summed E-state index contributed by atoms with van der Waals surface area (Å²) < 4.78 is 0. The zero-order chi connectivity index (χ0) is 8.10. The Hall–Kier alpha value is -0.570. The molecule has 1 heterocycles. The van der Waals surface area contributed by atoms with Crippen molar-refractivity contribution >= 4 is 17.2 Å². The normalized spacial score (nSPS) is 19.1. The van der Waals surface area contributed by atoms with E-state index < -0.39 is 0 Å². The average molecular weight is 170 g/mol. The quantitative estimate of drug-likeness (QED) is 0.500. The van der Waals surface area contributed by atoms with Crippen LogP contribution < -0.4 is 5.73 Å². The molecule has 0 amide bonds. The molecular formula is C8H14N2S. The molecule has 0 saturated carbocycles. The lowest BCUT2D eigenvalue weighted by Gasteiger charge is -2.24. The fourth-order valence-electron chi connectivity index (χ4n) is 1.25. The number of hydrogen-bond acceptors (Lipinski definition) is 2. The first-order chi connectivity index (χ1) is 5.29. The Kier molecular flexibility index (Phi) is 3.36. The highest BCUT2D eigenvalue weighted by Gasteiger charge is 2.04. The van der Waals surface area contributed by atoms with Crippen LogP contribution in [0.2, 0.25) is 0 Å². The summed E-state index contributed by atoms with van der Waals surface area (Å²) in [6, 6.07) is 0. The Morgan fingerprint density at radius 1 is 1.27 bits per heavy atom. The number of hydrogen-bond donors (Lipinski definition) is 1. The standard InChI is InChI=1S/C8H14N2S/c9-8(11)4-7-10-5-2-1-3-6-10/h4,7H,1-3,5-6H2,(H2,9,11). The van der Waals surface area contributed by atoms with E-state index in [0.29, 0.717) is 4.99 Å². The molecule has 0 aliphatic carbocycles. The molecule has 1 aliphatic rings. The Morgan fingerprint density at radius 3 is 2.45 bits per heavy atom. The molecule has 1 fully saturated rings. The molecule has 0 radical (unpaired) electrons. The molecule has 0 bridgehead atoms. The van der Waals surface area contributed by atoms with Gasteiger partial charge in [-0.1, -0.05) is 12.2 Å². The zero-order valence-corrected chi connectivity index (χ0v) is 7.44. The molecule has 62 valence electrons. The molecule has 1 saturated heterocycles. The second kappa shape index (κ2) is 4.34. The van der Waals surface area contributed by atoms with Crippen LogP contribution in [0.1, 0.15) is 19.3 Å². The van der Waals surface area contributed by atoms with Crippen molar-refractivity contribution in [2.45, 2.75) is 19.3 Å². The number of nitrogens with two attached hydrogens (primary N) is 1. The van der Waals surface area contributed by atoms with E-state index in [9.17, 15) is 0 Å². The number of rotatable bonds is 2. The van der Waals surface area contributed by atoms with Gasteiger partial charge in [0.1, 0.15) is 0 Å². The molecule has 0 spiro atoms. The summed E-state index contributed by atoms with van der Waals surface area (Å²) in [5.41, 5.74) is 5.33. The maximum absolute atomic E-state index is 5.33. The first-order valence-electron chi connectivity index (χ1n) is 4.01. The minimum Gasteiger partial charge on any atom is -0.390 e. The summed E-state index contributed by atoms with van der Waals surface area (Å²) >= 11 is 4.73. The SMILES string of the molecule is NC(=S)C=CN1CCCCC1. The number of piperidine rings is 1. The van der Waals surface area contributed by atoms with Crippen molar-refractivity contribution in [2.75, 3.05) is 13.1 Å². The molecule has 0 unspecified atom stereocenters. The average Bonchev–Trinajstić information content (AvgIpc) is 2.03. The van der Waals surface area contributed by atoms with Gasteiger partial charge < -0.3 is 10.6 Å². The van der Waals surface area contributed by atoms with Crippen molar-refractivity contribution in [1.29, 1.82) is 0 Å². The maximum Gasteiger partial charge on any atom is 0.0976 e. The largest absolute Gasteiger partial charge is 0.390 e. The van der Waals surface area contributed by atoms with Gasteiger partial charge in [0.2, 0.25) is 0 Å². The van der Waals surface area contributed by atoms with Crippen LogP contribution in [0.15, 0.2) is 12.3 Å². The van der Waals surface area contributed by atoms with Gasteiger partial charge in [0.05, 0.1) is 4.99 Å². The van der Waals surface area contributed by atoms with E-state index in [1.807, 2.05) is 6.20 Å². The third-order valence-electron chi connectivity index (χ3n) is 1.84. The number of thiocarbonyl (C=S) groups is 1. The van der Waals surface area contributed by atoms with Gasteiger partial charge in [0.15, 0.2) is 0 Å². The Balaban J connectivity index is 2.29. The molecule has 0 aromatic heterocycles. The van der Waals surface area contributed by atoms with Crippen LogP contribution in [-0.4, -0.2) is 23.0 Å². The van der Waals surface area contributed by atoms with Crippen molar-refractivity contribution in [3.63, 3.8) is 0 Å². The molecule has 0 aromatic carbocycles. The lowest BCUT2D eigenvalue weighted by atomic mass is 10.1. The maximum atomic E-state index is 5.33. The molecule has 2 nitrogen and oxygen atoms in total.